The van der Waals surface area contributed by atoms with Crippen LogP contribution in [-0.2, 0) is 37.5 Å². The highest BCUT2D eigenvalue weighted by atomic mass is 32.2. The third-order valence-electron chi connectivity index (χ3n) is 6.28. The molecular formula is C24H30N2O5S2. The van der Waals surface area contributed by atoms with Crippen molar-refractivity contribution >= 4 is 31.5 Å². The van der Waals surface area contributed by atoms with Crippen molar-refractivity contribution < 1.29 is 21.6 Å². The SMILES string of the molecule is O=C(CS(=O)(=O)CCCc1ccccc1)N1CCCc2cc(S(=O)(=O)N3CCCC3)ccc21. The molecule has 0 aliphatic carbocycles. The predicted molar refractivity (Wildman–Crippen MR) is 129 cm³/mol. The van der Waals surface area contributed by atoms with Crippen LogP contribution in [0.3, 0.4) is 0 Å². The molecule has 9 heteroatoms. The molecule has 2 aliphatic heterocycles. The van der Waals surface area contributed by atoms with Crippen LogP contribution in [0.5, 0.6) is 0 Å². The summed E-state index contributed by atoms with van der Waals surface area (Å²) in [5.41, 5.74) is 2.46. The van der Waals surface area contributed by atoms with E-state index in [1.165, 1.54) is 15.3 Å². The maximum Gasteiger partial charge on any atom is 0.243 e. The number of aryl methyl sites for hydroxylation is 2. The first-order valence-corrected chi connectivity index (χ1v) is 14.7. The van der Waals surface area contributed by atoms with Gasteiger partial charge in [0, 0.05) is 25.3 Å². The van der Waals surface area contributed by atoms with E-state index in [2.05, 4.69) is 0 Å². The highest BCUT2D eigenvalue weighted by Crippen LogP contribution is 2.31. The zero-order valence-electron chi connectivity index (χ0n) is 18.6. The summed E-state index contributed by atoms with van der Waals surface area (Å²) in [7, 11) is -7.08. The number of hydrogen-bond donors (Lipinski definition) is 0. The standard InChI is InChI=1S/C24H30N2O5S2/c27-24(19-32(28,29)17-7-10-20-8-2-1-3-9-20)26-16-6-11-21-18-22(12-13-23(21)26)33(30,31)25-14-4-5-15-25/h1-3,8-9,12-13,18H,4-7,10-11,14-17,19H2. The molecule has 1 amide bonds. The molecule has 0 bridgehead atoms. The minimum absolute atomic E-state index is 0.0403. The van der Waals surface area contributed by atoms with Crippen LogP contribution in [0.2, 0.25) is 0 Å². The topological polar surface area (TPSA) is 91.8 Å². The number of fused-ring (bicyclic) bond motifs is 1. The van der Waals surface area contributed by atoms with E-state index in [0.717, 1.165) is 24.0 Å². The summed E-state index contributed by atoms with van der Waals surface area (Å²) in [6, 6.07) is 14.5. The van der Waals surface area contributed by atoms with Gasteiger partial charge in [-0.25, -0.2) is 16.8 Å². The van der Waals surface area contributed by atoms with Crippen LogP contribution < -0.4 is 4.90 Å². The number of carbonyl (C=O) groups is 1. The smallest absolute Gasteiger partial charge is 0.243 e. The molecule has 7 nitrogen and oxygen atoms in total. The van der Waals surface area contributed by atoms with E-state index < -0.39 is 31.5 Å². The van der Waals surface area contributed by atoms with E-state index in [1.54, 1.807) is 12.1 Å². The lowest BCUT2D eigenvalue weighted by Crippen LogP contribution is -2.40. The Bertz CT molecular complexity index is 1200. The Labute approximate surface area is 196 Å². The number of carbonyl (C=O) groups excluding carboxylic acids is 1. The highest BCUT2D eigenvalue weighted by Gasteiger charge is 2.30. The van der Waals surface area contributed by atoms with Gasteiger partial charge in [-0.1, -0.05) is 30.3 Å². The number of sulfone groups is 1. The molecule has 0 radical (unpaired) electrons. The van der Waals surface area contributed by atoms with E-state index in [1.807, 2.05) is 30.3 Å². The summed E-state index contributed by atoms with van der Waals surface area (Å²) in [4.78, 5) is 14.7. The number of amides is 1. The fourth-order valence-corrected chi connectivity index (χ4v) is 7.38. The number of anilines is 1. The molecule has 2 aliphatic rings. The molecule has 33 heavy (non-hydrogen) atoms. The zero-order chi connectivity index (χ0) is 23.5. The van der Waals surface area contributed by atoms with Crippen LogP contribution in [0, 0.1) is 0 Å². The first kappa shape index (κ1) is 23.9. The van der Waals surface area contributed by atoms with Crippen LogP contribution in [0.1, 0.15) is 36.8 Å². The Hall–Kier alpha value is -2.23. The Kier molecular flexibility index (Phi) is 7.21. The lowest BCUT2D eigenvalue weighted by Gasteiger charge is -2.30. The van der Waals surface area contributed by atoms with Gasteiger partial charge >= 0.3 is 0 Å². The highest BCUT2D eigenvalue weighted by molar-refractivity contribution is 7.92. The van der Waals surface area contributed by atoms with E-state index in [0.29, 0.717) is 51.0 Å². The summed E-state index contributed by atoms with van der Waals surface area (Å²) in [5.74, 6) is -1.03. The van der Waals surface area contributed by atoms with Crippen molar-refractivity contribution in [1.29, 1.82) is 0 Å². The van der Waals surface area contributed by atoms with Crippen molar-refractivity contribution in [2.45, 2.75) is 43.4 Å². The monoisotopic (exact) mass is 490 g/mol. The first-order valence-electron chi connectivity index (χ1n) is 11.4. The Morgan fingerprint density at radius 1 is 0.879 bits per heavy atom. The minimum atomic E-state index is -3.54. The van der Waals surface area contributed by atoms with Crippen LogP contribution in [-0.4, -0.2) is 58.2 Å². The fraction of sp³-hybridized carbons (Fsp3) is 0.458. The Morgan fingerprint density at radius 2 is 1.61 bits per heavy atom. The summed E-state index contributed by atoms with van der Waals surface area (Å²) in [6.07, 6.45) is 4.17. The van der Waals surface area contributed by atoms with Crippen LogP contribution in [0.25, 0.3) is 0 Å². The summed E-state index contributed by atoms with van der Waals surface area (Å²) in [6.45, 7) is 1.50. The first-order chi connectivity index (χ1) is 15.8. The van der Waals surface area contributed by atoms with Gasteiger partial charge in [-0.05, 0) is 67.9 Å². The van der Waals surface area contributed by atoms with Crippen molar-refractivity contribution in [3.63, 3.8) is 0 Å². The van der Waals surface area contributed by atoms with Gasteiger partial charge in [0.05, 0.1) is 10.6 Å². The normalized spacial score (nSPS) is 17.2. The van der Waals surface area contributed by atoms with Crippen LogP contribution in [0.15, 0.2) is 53.4 Å². The molecule has 1 fully saturated rings. The number of nitrogens with zero attached hydrogens (tertiary/aromatic N) is 2. The van der Waals surface area contributed by atoms with Crippen molar-refractivity contribution in [3.8, 4) is 0 Å². The van der Waals surface area contributed by atoms with Gasteiger partial charge < -0.3 is 4.90 Å². The molecule has 0 unspecified atom stereocenters. The molecular weight excluding hydrogens is 460 g/mol. The third kappa shape index (κ3) is 5.65. The molecule has 2 heterocycles. The molecule has 178 valence electrons. The number of rotatable bonds is 8. The van der Waals surface area contributed by atoms with Gasteiger partial charge in [-0.3, -0.25) is 4.79 Å². The van der Waals surface area contributed by atoms with Crippen molar-refractivity contribution in [2.75, 3.05) is 36.0 Å². The van der Waals surface area contributed by atoms with E-state index in [-0.39, 0.29) is 10.6 Å². The lowest BCUT2D eigenvalue weighted by atomic mass is 10.0. The largest absolute Gasteiger partial charge is 0.311 e. The van der Waals surface area contributed by atoms with Gasteiger partial charge in [0.2, 0.25) is 15.9 Å². The maximum absolute atomic E-state index is 12.9. The Balaban J connectivity index is 1.43. The molecule has 0 N–H and O–H groups in total. The van der Waals surface area contributed by atoms with Gasteiger partial charge in [0.25, 0.3) is 0 Å². The molecule has 2 aromatic rings. The molecule has 0 aromatic heterocycles. The molecule has 2 aromatic carbocycles. The summed E-state index contributed by atoms with van der Waals surface area (Å²) < 4.78 is 52.5. The minimum Gasteiger partial charge on any atom is -0.311 e. The van der Waals surface area contributed by atoms with Gasteiger partial charge in [0.15, 0.2) is 9.84 Å². The van der Waals surface area contributed by atoms with E-state index in [4.69, 9.17) is 0 Å². The second-order valence-electron chi connectivity index (χ2n) is 8.73. The second kappa shape index (κ2) is 9.95. The van der Waals surface area contributed by atoms with E-state index >= 15 is 0 Å². The van der Waals surface area contributed by atoms with Gasteiger partial charge in [-0.2, -0.15) is 4.31 Å². The van der Waals surface area contributed by atoms with Crippen LogP contribution >= 0.6 is 0 Å². The quantitative estimate of drug-likeness (QED) is 0.567. The molecule has 0 saturated carbocycles. The Morgan fingerprint density at radius 3 is 2.33 bits per heavy atom. The van der Waals surface area contributed by atoms with Crippen molar-refractivity contribution in [2.24, 2.45) is 0 Å². The maximum atomic E-state index is 12.9. The molecule has 0 atom stereocenters. The number of sulfonamides is 1. The van der Waals surface area contributed by atoms with Crippen molar-refractivity contribution in [3.05, 3.63) is 59.7 Å². The third-order valence-corrected chi connectivity index (χ3v) is 9.77. The fourth-order valence-electron chi connectivity index (χ4n) is 4.55. The van der Waals surface area contributed by atoms with E-state index in [9.17, 15) is 21.6 Å². The number of benzene rings is 2. The molecule has 0 spiro atoms. The number of hydrogen-bond acceptors (Lipinski definition) is 5. The average Bonchev–Trinajstić information content (AvgIpc) is 3.34. The molecule has 4 rings (SSSR count). The van der Waals surface area contributed by atoms with Crippen LogP contribution in [0.4, 0.5) is 5.69 Å². The van der Waals surface area contributed by atoms with Crippen molar-refractivity contribution in [1.82, 2.24) is 4.31 Å². The predicted octanol–water partition coefficient (Wildman–Crippen LogP) is 2.80. The zero-order valence-corrected chi connectivity index (χ0v) is 20.3. The summed E-state index contributed by atoms with van der Waals surface area (Å²) >= 11 is 0. The van der Waals surface area contributed by atoms with Gasteiger partial charge in [0.1, 0.15) is 5.75 Å². The lowest BCUT2D eigenvalue weighted by molar-refractivity contribution is -0.116. The summed E-state index contributed by atoms with van der Waals surface area (Å²) in [5, 5.41) is 0. The van der Waals surface area contributed by atoms with Gasteiger partial charge in [-0.15, -0.1) is 0 Å². The second-order valence-corrected chi connectivity index (χ2v) is 12.9. The molecule has 1 saturated heterocycles. The average molecular weight is 491 g/mol.